The molecular weight excluding hydrogens is 426 g/mol. The molecule has 6 nitrogen and oxygen atoms in total. The zero-order valence-electron chi connectivity index (χ0n) is 21.4. The van der Waals surface area contributed by atoms with Crippen molar-refractivity contribution in [3.05, 3.63) is 66.2 Å². The van der Waals surface area contributed by atoms with Crippen LogP contribution in [0.15, 0.2) is 60.7 Å². The lowest BCUT2D eigenvalue weighted by Gasteiger charge is -2.31. The van der Waals surface area contributed by atoms with E-state index in [4.69, 9.17) is 14.6 Å². The van der Waals surface area contributed by atoms with Crippen LogP contribution in [0.2, 0.25) is 0 Å². The fraction of sp³-hybridized carbons (Fsp3) is 0.464. The van der Waals surface area contributed by atoms with Crippen LogP contribution in [0.25, 0.3) is 11.3 Å². The number of aryl methyl sites for hydroxylation is 1. The maximum absolute atomic E-state index is 10.8. The summed E-state index contributed by atoms with van der Waals surface area (Å²) >= 11 is 0. The largest absolute Gasteiger partial charge is 0.439 e. The second-order valence-electron chi connectivity index (χ2n) is 9.80. The molecule has 0 fully saturated rings. The lowest BCUT2D eigenvalue weighted by molar-refractivity contribution is -0.0593. The van der Waals surface area contributed by atoms with Crippen molar-refractivity contribution in [1.29, 1.82) is 0 Å². The summed E-state index contributed by atoms with van der Waals surface area (Å²) in [6.45, 7) is 11.7. The van der Waals surface area contributed by atoms with Crippen molar-refractivity contribution in [2.75, 3.05) is 13.2 Å². The van der Waals surface area contributed by atoms with Crippen molar-refractivity contribution in [2.45, 2.75) is 65.3 Å². The smallest absolute Gasteiger partial charge is 0.222 e. The van der Waals surface area contributed by atoms with Crippen LogP contribution in [-0.4, -0.2) is 50.7 Å². The molecule has 1 N–H and O–H groups in total. The highest BCUT2D eigenvalue weighted by Crippen LogP contribution is 2.34. The van der Waals surface area contributed by atoms with Crippen molar-refractivity contribution in [1.82, 2.24) is 14.7 Å². The van der Waals surface area contributed by atoms with Gasteiger partial charge in [-0.05, 0) is 46.2 Å². The third kappa shape index (κ3) is 7.16. The highest BCUT2D eigenvalue weighted by molar-refractivity contribution is 5.65. The van der Waals surface area contributed by atoms with Gasteiger partial charge in [-0.25, -0.2) is 4.68 Å². The number of ether oxygens (including phenoxy) is 2. The fourth-order valence-electron chi connectivity index (χ4n) is 3.78. The molecule has 0 aliphatic rings. The van der Waals surface area contributed by atoms with Crippen LogP contribution >= 0.6 is 0 Å². The van der Waals surface area contributed by atoms with Gasteiger partial charge in [0.1, 0.15) is 11.4 Å². The number of aliphatic hydroxyl groups is 1. The van der Waals surface area contributed by atoms with Crippen LogP contribution in [0.5, 0.6) is 11.6 Å². The SMILES string of the molecule is CC[C@H](C)N(Cc1c(-c2ccccc2)nn(C)c1Oc1ccccc1)C[C@H](O)COC(C)(C)C. The van der Waals surface area contributed by atoms with E-state index in [2.05, 4.69) is 30.9 Å². The molecule has 1 heterocycles. The predicted molar refractivity (Wildman–Crippen MR) is 137 cm³/mol. The van der Waals surface area contributed by atoms with Gasteiger partial charge in [-0.15, -0.1) is 0 Å². The van der Waals surface area contributed by atoms with Gasteiger partial charge in [0.05, 0.1) is 23.9 Å². The van der Waals surface area contributed by atoms with Crippen molar-refractivity contribution in [3.63, 3.8) is 0 Å². The monoisotopic (exact) mass is 465 g/mol. The predicted octanol–water partition coefficient (Wildman–Crippen LogP) is 5.66. The van der Waals surface area contributed by atoms with Gasteiger partial charge in [-0.2, -0.15) is 5.10 Å². The standard InChI is InChI=1S/C28H39N3O3/c1-7-21(2)31(18-23(32)20-33-28(3,4)5)19-25-26(22-14-10-8-11-15-22)29-30(6)27(25)34-24-16-12-9-13-17-24/h8-17,21,23,32H,7,18-20H2,1-6H3/t21-,23-/m0/s1. The first kappa shape index (κ1) is 25.9. The summed E-state index contributed by atoms with van der Waals surface area (Å²) < 4.78 is 14.0. The Morgan fingerprint density at radius 3 is 2.24 bits per heavy atom. The van der Waals surface area contributed by atoms with Gasteiger partial charge in [0.15, 0.2) is 0 Å². The second kappa shape index (κ2) is 11.6. The van der Waals surface area contributed by atoms with Gasteiger partial charge in [0.2, 0.25) is 5.88 Å². The van der Waals surface area contributed by atoms with E-state index in [1.54, 1.807) is 4.68 Å². The molecule has 2 atom stereocenters. The van der Waals surface area contributed by atoms with Gasteiger partial charge in [-0.1, -0.05) is 55.5 Å². The molecule has 3 rings (SSSR count). The molecule has 0 unspecified atom stereocenters. The summed E-state index contributed by atoms with van der Waals surface area (Å²) in [4.78, 5) is 2.29. The fourth-order valence-corrected chi connectivity index (χ4v) is 3.78. The third-order valence-electron chi connectivity index (χ3n) is 5.82. The van der Waals surface area contributed by atoms with Crippen LogP contribution in [0.4, 0.5) is 0 Å². The van der Waals surface area contributed by atoms with Crippen LogP contribution < -0.4 is 4.74 Å². The van der Waals surface area contributed by atoms with Crippen molar-refractivity contribution >= 4 is 0 Å². The molecule has 0 saturated carbocycles. The molecule has 184 valence electrons. The van der Waals surface area contributed by atoms with E-state index in [0.29, 0.717) is 25.6 Å². The zero-order chi connectivity index (χ0) is 24.7. The summed E-state index contributed by atoms with van der Waals surface area (Å²) in [7, 11) is 1.91. The van der Waals surface area contributed by atoms with Crippen LogP contribution in [0.1, 0.15) is 46.6 Å². The normalized spacial score (nSPS) is 13.8. The molecule has 0 spiro atoms. The average Bonchev–Trinajstić information content (AvgIpc) is 3.12. The second-order valence-corrected chi connectivity index (χ2v) is 9.80. The van der Waals surface area contributed by atoms with Gasteiger partial charge < -0.3 is 14.6 Å². The molecule has 0 saturated heterocycles. The topological polar surface area (TPSA) is 59.8 Å². The van der Waals surface area contributed by atoms with Crippen LogP contribution in [0, 0.1) is 0 Å². The minimum absolute atomic E-state index is 0.262. The van der Waals surface area contributed by atoms with E-state index in [9.17, 15) is 5.11 Å². The average molecular weight is 466 g/mol. The van der Waals surface area contributed by atoms with Gasteiger partial charge in [0.25, 0.3) is 0 Å². The summed E-state index contributed by atoms with van der Waals surface area (Å²) in [6, 6.07) is 20.2. The Kier molecular flexibility index (Phi) is 8.89. The summed E-state index contributed by atoms with van der Waals surface area (Å²) in [6.07, 6.45) is 0.367. The summed E-state index contributed by atoms with van der Waals surface area (Å²) in [5, 5.41) is 15.6. The first-order chi connectivity index (χ1) is 16.2. The highest BCUT2D eigenvalue weighted by atomic mass is 16.5. The quantitative estimate of drug-likeness (QED) is 0.396. The van der Waals surface area contributed by atoms with Crippen molar-refractivity contribution in [3.8, 4) is 22.9 Å². The number of benzene rings is 2. The van der Waals surface area contributed by atoms with Crippen molar-refractivity contribution in [2.24, 2.45) is 7.05 Å². The molecule has 0 amide bonds. The Bertz CT molecular complexity index is 1010. The lowest BCUT2D eigenvalue weighted by Crippen LogP contribution is -2.41. The first-order valence-electron chi connectivity index (χ1n) is 12.1. The molecule has 0 bridgehead atoms. The third-order valence-corrected chi connectivity index (χ3v) is 5.82. The number of hydrogen-bond donors (Lipinski definition) is 1. The highest BCUT2D eigenvalue weighted by Gasteiger charge is 2.26. The Morgan fingerprint density at radius 2 is 1.65 bits per heavy atom. The minimum Gasteiger partial charge on any atom is -0.439 e. The lowest BCUT2D eigenvalue weighted by atomic mass is 10.1. The number of rotatable bonds is 11. The number of aliphatic hydroxyl groups excluding tert-OH is 1. The van der Waals surface area contributed by atoms with Crippen LogP contribution in [0.3, 0.4) is 0 Å². The Labute approximate surface area is 204 Å². The zero-order valence-corrected chi connectivity index (χ0v) is 21.4. The number of aromatic nitrogens is 2. The molecule has 3 aromatic rings. The summed E-state index contributed by atoms with van der Waals surface area (Å²) in [5.41, 5.74) is 2.64. The van der Waals surface area contributed by atoms with Gasteiger partial charge in [-0.3, -0.25) is 4.90 Å². The van der Waals surface area contributed by atoms with Crippen molar-refractivity contribution < 1.29 is 14.6 Å². The molecule has 1 aromatic heterocycles. The van der Waals surface area contributed by atoms with E-state index in [0.717, 1.165) is 29.0 Å². The molecule has 34 heavy (non-hydrogen) atoms. The Balaban J connectivity index is 1.95. The number of nitrogens with zero attached hydrogens (tertiary/aromatic N) is 3. The first-order valence-corrected chi connectivity index (χ1v) is 12.1. The molecule has 0 aliphatic carbocycles. The summed E-state index contributed by atoms with van der Waals surface area (Å²) in [5.74, 6) is 1.47. The number of para-hydroxylation sites is 1. The Hall–Kier alpha value is -2.67. The molecule has 6 heteroatoms. The van der Waals surface area contributed by atoms with Gasteiger partial charge >= 0.3 is 0 Å². The molecule has 0 aliphatic heterocycles. The minimum atomic E-state index is -0.594. The van der Waals surface area contributed by atoms with E-state index in [1.165, 1.54) is 0 Å². The maximum atomic E-state index is 10.8. The maximum Gasteiger partial charge on any atom is 0.222 e. The van der Waals surface area contributed by atoms with Gasteiger partial charge in [0, 0.05) is 31.7 Å². The van der Waals surface area contributed by atoms with E-state index >= 15 is 0 Å². The Morgan fingerprint density at radius 1 is 1.03 bits per heavy atom. The van der Waals surface area contributed by atoms with E-state index < -0.39 is 6.10 Å². The molecule has 0 radical (unpaired) electrons. The van der Waals surface area contributed by atoms with Crippen LogP contribution in [-0.2, 0) is 18.3 Å². The molecular formula is C28H39N3O3. The van der Waals surface area contributed by atoms with E-state index in [-0.39, 0.29) is 11.6 Å². The molecule has 2 aromatic carbocycles. The number of hydrogen-bond acceptors (Lipinski definition) is 5. The van der Waals surface area contributed by atoms with E-state index in [1.807, 2.05) is 76.3 Å².